The van der Waals surface area contributed by atoms with E-state index in [0.717, 1.165) is 26.1 Å². The first kappa shape index (κ1) is 13.5. The van der Waals surface area contributed by atoms with E-state index in [1.54, 1.807) is 7.11 Å². The molecule has 2 unspecified atom stereocenters. The van der Waals surface area contributed by atoms with Crippen molar-refractivity contribution in [2.45, 2.75) is 32.5 Å². The zero-order valence-corrected chi connectivity index (χ0v) is 11.4. The third-order valence-electron chi connectivity index (χ3n) is 3.80. The van der Waals surface area contributed by atoms with Crippen LogP contribution >= 0.6 is 0 Å². The lowest BCUT2D eigenvalue weighted by Gasteiger charge is -2.35. The summed E-state index contributed by atoms with van der Waals surface area (Å²) in [5.41, 5.74) is 8.65. The Morgan fingerprint density at radius 3 is 2.56 bits per heavy atom. The zero-order valence-electron chi connectivity index (χ0n) is 11.4. The van der Waals surface area contributed by atoms with E-state index in [1.807, 2.05) is 0 Å². The molecule has 100 valence electrons. The number of piperidine rings is 1. The highest BCUT2D eigenvalue weighted by Gasteiger charge is 2.22. The molecule has 0 radical (unpaired) electrons. The Hall–Kier alpha value is -0.900. The fraction of sp³-hybridized carbons (Fsp3) is 0.600. The molecule has 2 atom stereocenters. The van der Waals surface area contributed by atoms with E-state index in [9.17, 15) is 0 Å². The maximum Gasteiger partial charge on any atom is 0.0713 e. The van der Waals surface area contributed by atoms with Gasteiger partial charge in [0.15, 0.2) is 0 Å². The topological polar surface area (TPSA) is 38.5 Å². The lowest BCUT2D eigenvalue weighted by molar-refractivity contribution is 0.157. The van der Waals surface area contributed by atoms with Gasteiger partial charge in [-0.3, -0.25) is 4.90 Å². The highest BCUT2D eigenvalue weighted by Crippen LogP contribution is 2.17. The number of ether oxygens (including phenoxy) is 1. The van der Waals surface area contributed by atoms with Crippen molar-refractivity contribution in [3.63, 3.8) is 0 Å². The van der Waals surface area contributed by atoms with Gasteiger partial charge in [-0.2, -0.15) is 0 Å². The highest BCUT2D eigenvalue weighted by molar-refractivity contribution is 5.22. The third kappa shape index (κ3) is 3.55. The van der Waals surface area contributed by atoms with Crippen molar-refractivity contribution >= 4 is 0 Å². The predicted octanol–water partition coefficient (Wildman–Crippen LogP) is 2.00. The Morgan fingerprint density at radius 2 is 1.94 bits per heavy atom. The lowest BCUT2D eigenvalue weighted by atomic mass is 9.94. The number of rotatable bonds is 4. The van der Waals surface area contributed by atoms with Crippen molar-refractivity contribution in [3.05, 3.63) is 35.4 Å². The van der Waals surface area contributed by atoms with Gasteiger partial charge in [-0.25, -0.2) is 0 Å². The summed E-state index contributed by atoms with van der Waals surface area (Å²) < 4.78 is 5.12. The van der Waals surface area contributed by atoms with Gasteiger partial charge in [0.2, 0.25) is 0 Å². The molecule has 0 aliphatic carbocycles. The first-order valence-corrected chi connectivity index (χ1v) is 6.73. The normalized spacial score (nSPS) is 25.3. The van der Waals surface area contributed by atoms with Crippen LogP contribution in [0.15, 0.2) is 24.3 Å². The standard InChI is InChI=1S/C15H24N2O/c1-12-9-17(8-7-15(12)16)10-13-3-5-14(6-4-13)11-18-2/h3-6,12,15H,7-11,16H2,1-2H3. The second kappa shape index (κ2) is 6.32. The molecule has 0 amide bonds. The minimum atomic E-state index is 0.380. The van der Waals surface area contributed by atoms with E-state index in [0.29, 0.717) is 18.6 Å². The fourth-order valence-electron chi connectivity index (χ4n) is 2.56. The van der Waals surface area contributed by atoms with Gasteiger partial charge in [-0.05, 0) is 30.0 Å². The van der Waals surface area contributed by atoms with Crippen LogP contribution in [-0.4, -0.2) is 31.1 Å². The van der Waals surface area contributed by atoms with Gasteiger partial charge in [0.25, 0.3) is 0 Å². The van der Waals surface area contributed by atoms with Gasteiger partial charge in [0, 0.05) is 26.2 Å². The first-order chi connectivity index (χ1) is 8.69. The SMILES string of the molecule is COCc1ccc(CN2CCC(N)C(C)C2)cc1. The molecular formula is C15H24N2O. The van der Waals surface area contributed by atoms with Crippen molar-refractivity contribution < 1.29 is 4.74 Å². The molecule has 2 N–H and O–H groups in total. The Morgan fingerprint density at radius 1 is 1.28 bits per heavy atom. The smallest absolute Gasteiger partial charge is 0.0713 e. The van der Waals surface area contributed by atoms with Gasteiger partial charge in [0.05, 0.1) is 6.61 Å². The van der Waals surface area contributed by atoms with Crippen molar-refractivity contribution in [1.29, 1.82) is 0 Å². The molecule has 1 aromatic rings. The average Bonchev–Trinajstić information content (AvgIpc) is 2.37. The second-order valence-electron chi connectivity index (χ2n) is 5.41. The number of likely N-dealkylation sites (tertiary alicyclic amines) is 1. The van der Waals surface area contributed by atoms with Crippen LogP contribution in [0.5, 0.6) is 0 Å². The summed E-state index contributed by atoms with van der Waals surface area (Å²) in [6, 6.07) is 9.09. The predicted molar refractivity (Wildman–Crippen MR) is 74.2 cm³/mol. The van der Waals surface area contributed by atoms with Crippen LogP contribution in [0.3, 0.4) is 0 Å². The Kier molecular flexibility index (Phi) is 4.75. The maximum absolute atomic E-state index is 6.05. The Labute approximate surface area is 110 Å². The molecule has 2 rings (SSSR count). The molecule has 1 saturated heterocycles. The van der Waals surface area contributed by atoms with Crippen molar-refractivity contribution in [1.82, 2.24) is 4.90 Å². The highest BCUT2D eigenvalue weighted by atomic mass is 16.5. The minimum absolute atomic E-state index is 0.380. The summed E-state index contributed by atoms with van der Waals surface area (Å²) in [6.45, 7) is 6.20. The number of nitrogens with zero attached hydrogens (tertiary/aromatic N) is 1. The molecule has 18 heavy (non-hydrogen) atoms. The van der Waals surface area contributed by atoms with Crippen LogP contribution in [0.1, 0.15) is 24.5 Å². The summed E-state index contributed by atoms with van der Waals surface area (Å²) in [7, 11) is 1.73. The third-order valence-corrected chi connectivity index (χ3v) is 3.80. The molecule has 1 fully saturated rings. The van der Waals surface area contributed by atoms with Crippen LogP contribution in [0.4, 0.5) is 0 Å². The first-order valence-electron chi connectivity index (χ1n) is 6.73. The minimum Gasteiger partial charge on any atom is -0.380 e. The summed E-state index contributed by atoms with van der Waals surface area (Å²) in [5.74, 6) is 0.603. The van der Waals surface area contributed by atoms with Gasteiger partial charge in [-0.15, -0.1) is 0 Å². The number of hydrogen-bond donors (Lipinski definition) is 1. The van der Waals surface area contributed by atoms with Crippen molar-refractivity contribution in [2.24, 2.45) is 11.7 Å². The van der Waals surface area contributed by atoms with Gasteiger partial charge >= 0.3 is 0 Å². The second-order valence-corrected chi connectivity index (χ2v) is 5.41. The Bertz CT molecular complexity index is 363. The number of hydrogen-bond acceptors (Lipinski definition) is 3. The van der Waals surface area contributed by atoms with Crippen molar-refractivity contribution in [3.8, 4) is 0 Å². The quantitative estimate of drug-likeness (QED) is 0.885. The molecule has 0 spiro atoms. The van der Waals surface area contributed by atoms with Gasteiger partial charge < -0.3 is 10.5 Å². The zero-order chi connectivity index (χ0) is 13.0. The van der Waals surface area contributed by atoms with E-state index in [1.165, 1.54) is 11.1 Å². The maximum atomic E-state index is 6.05. The molecule has 1 aliphatic heterocycles. The molecule has 3 heteroatoms. The Balaban J connectivity index is 1.89. The molecule has 0 saturated carbocycles. The van der Waals surface area contributed by atoms with E-state index in [-0.39, 0.29) is 0 Å². The van der Waals surface area contributed by atoms with Crippen LogP contribution in [0, 0.1) is 5.92 Å². The van der Waals surface area contributed by atoms with E-state index in [4.69, 9.17) is 10.5 Å². The summed E-state index contributed by atoms with van der Waals surface area (Å²) >= 11 is 0. The molecule has 1 heterocycles. The molecule has 1 aliphatic rings. The average molecular weight is 248 g/mol. The van der Waals surface area contributed by atoms with Crippen LogP contribution < -0.4 is 5.73 Å². The van der Waals surface area contributed by atoms with E-state index < -0.39 is 0 Å². The lowest BCUT2D eigenvalue weighted by Crippen LogP contribution is -2.45. The van der Waals surface area contributed by atoms with Crippen LogP contribution in [0.25, 0.3) is 0 Å². The van der Waals surface area contributed by atoms with Gasteiger partial charge in [0.1, 0.15) is 0 Å². The largest absolute Gasteiger partial charge is 0.380 e. The van der Waals surface area contributed by atoms with Crippen LogP contribution in [0.2, 0.25) is 0 Å². The molecule has 0 aromatic heterocycles. The number of methoxy groups -OCH3 is 1. The van der Waals surface area contributed by atoms with Crippen LogP contribution in [-0.2, 0) is 17.9 Å². The van der Waals surface area contributed by atoms with E-state index >= 15 is 0 Å². The van der Waals surface area contributed by atoms with Gasteiger partial charge in [-0.1, -0.05) is 31.2 Å². The summed E-state index contributed by atoms with van der Waals surface area (Å²) in [5, 5.41) is 0. The number of benzene rings is 1. The monoisotopic (exact) mass is 248 g/mol. The number of nitrogens with two attached hydrogens (primary N) is 1. The van der Waals surface area contributed by atoms with E-state index in [2.05, 4.69) is 36.1 Å². The molecular weight excluding hydrogens is 224 g/mol. The molecule has 1 aromatic carbocycles. The molecule has 0 bridgehead atoms. The fourth-order valence-corrected chi connectivity index (χ4v) is 2.56. The molecule has 3 nitrogen and oxygen atoms in total. The summed E-state index contributed by atoms with van der Waals surface area (Å²) in [6.07, 6.45) is 1.11. The summed E-state index contributed by atoms with van der Waals surface area (Å²) in [4.78, 5) is 2.50. The van der Waals surface area contributed by atoms with Crippen molar-refractivity contribution in [2.75, 3.05) is 20.2 Å².